The molecule has 3 nitrogen and oxygen atoms in total. The number of furan rings is 1. The Bertz CT molecular complexity index is 411. The molecule has 0 amide bonds. The number of thioether (sulfide) groups is 1. The maximum Gasteiger partial charge on any atom is 0.122 e. The number of nitrogens with zero attached hydrogens (tertiary/aromatic N) is 1. The maximum atomic E-state index is 5.23. The normalized spacial score (nSPS) is 10.3. The first-order valence-corrected chi connectivity index (χ1v) is 6.22. The molecular weight excluding hydrogens is 220 g/mol. The van der Waals surface area contributed by atoms with E-state index in [0.29, 0.717) is 6.54 Å². The minimum absolute atomic E-state index is 0.689. The van der Waals surface area contributed by atoms with Crippen LogP contribution in [0.1, 0.15) is 12.7 Å². The average Bonchev–Trinajstić information content (AvgIpc) is 2.82. The molecule has 0 aliphatic rings. The third kappa shape index (κ3) is 3.03. The van der Waals surface area contributed by atoms with Crippen LogP contribution in [0.2, 0.25) is 0 Å². The molecule has 0 fully saturated rings. The van der Waals surface area contributed by atoms with Crippen molar-refractivity contribution in [1.29, 1.82) is 0 Å². The highest BCUT2D eigenvalue weighted by Crippen LogP contribution is 2.16. The fourth-order valence-electron chi connectivity index (χ4n) is 1.32. The topological polar surface area (TPSA) is 38.1 Å². The Labute approximate surface area is 99.3 Å². The van der Waals surface area contributed by atoms with Crippen LogP contribution in [0.15, 0.2) is 46.2 Å². The monoisotopic (exact) mass is 234 g/mol. The Balaban J connectivity index is 1.90. The molecule has 0 aliphatic carbocycles. The molecule has 16 heavy (non-hydrogen) atoms. The van der Waals surface area contributed by atoms with Crippen molar-refractivity contribution in [2.24, 2.45) is 0 Å². The number of nitrogens with one attached hydrogen (secondary N) is 1. The zero-order valence-electron chi connectivity index (χ0n) is 9.14. The van der Waals surface area contributed by atoms with Crippen LogP contribution in [0.25, 0.3) is 0 Å². The second-order valence-electron chi connectivity index (χ2n) is 3.25. The van der Waals surface area contributed by atoms with E-state index in [1.165, 1.54) is 0 Å². The van der Waals surface area contributed by atoms with Crippen molar-refractivity contribution >= 4 is 17.4 Å². The first-order valence-electron chi connectivity index (χ1n) is 5.23. The highest BCUT2D eigenvalue weighted by molar-refractivity contribution is 7.99. The van der Waals surface area contributed by atoms with E-state index in [2.05, 4.69) is 17.2 Å². The van der Waals surface area contributed by atoms with Gasteiger partial charge in [0.1, 0.15) is 5.76 Å². The van der Waals surface area contributed by atoms with Crippen molar-refractivity contribution < 1.29 is 4.42 Å². The van der Waals surface area contributed by atoms with Crippen molar-refractivity contribution in [2.75, 3.05) is 11.1 Å². The minimum atomic E-state index is 0.689. The Hall–Kier alpha value is -1.42. The Morgan fingerprint density at radius 2 is 2.31 bits per heavy atom. The van der Waals surface area contributed by atoms with Crippen molar-refractivity contribution in [3.05, 3.63) is 42.5 Å². The lowest BCUT2D eigenvalue weighted by atomic mass is 10.4. The maximum absolute atomic E-state index is 5.23. The quantitative estimate of drug-likeness (QED) is 0.805. The fraction of sp³-hybridized carbons (Fsp3) is 0.250. The third-order valence-corrected chi connectivity index (χ3v) is 2.90. The van der Waals surface area contributed by atoms with Gasteiger partial charge in [0.2, 0.25) is 0 Å². The van der Waals surface area contributed by atoms with E-state index >= 15 is 0 Å². The second kappa shape index (κ2) is 5.61. The van der Waals surface area contributed by atoms with Crippen LogP contribution in [-0.2, 0) is 6.54 Å². The number of pyridine rings is 1. The molecule has 0 radical (unpaired) electrons. The zero-order valence-corrected chi connectivity index (χ0v) is 9.96. The van der Waals surface area contributed by atoms with Crippen LogP contribution < -0.4 is 5.32 Å². The fourth-order valence-corrected chi connectivity index (χ4v) is 1.91. The number of aromatic nitrogens is 1. The predicted octanol–water partition coefficient (Wildman–Crippen LogP) is 3.40. The summed E-state index contributed by atoms with van der Waals surface area (Å²) in [6.07, 6.45) is 3.52. The van der Waals surface area contributed by atoms with Gasteiger partial charge in [0.05, 0.1) is 29.7 Å². The summed E-state index contributed by atoms with van der Waals surface area (Å²) in [5.74, 6) is 1.97. The van der Waals surface area contributed by atoms with Crippen LogP contribution in [-0.4, -0.2) is 10.7 Å². The van der Waals surface area contributed by atoms with E-state index in [1.807, 2.05) is 30.5 Å². The summed E-state index contributed by atoms with van der Waals surface area (Å²) in [5, 5.41) is 4.31. The summed E-state index contributed by atoms with van der Waals surface area (Å²) < 4.78 is 5.23. The number of hydrogen-bond acceptors (Lipinski definition) is 4. The smallest absolute Gasteiger partial charge is 0.122 e. The summed E-state index contributed by atoms with van der Waals surface area (Å²) >= 11 is 1.74. The third-order valence-electron chi connectivity index (χ3n) is 2.08. The Morgan fingerprint density at radius 3 is 2.94 bits per heavy atom. The number of hydrogen-bond donors (Lipinski definition) is 1. The molecule has 84 valence electrons. The lowest BCUT2D eigenvalue weighted by Gasteiger charge is -2.04. The summed E-state index contributed by atoms with van der Waals surface area (Å²) in [6.45, 7) is 2.81. The van der Waals surface area contributed by atoms with E-state index in [1.54, 1.807) is 18.0 Å². The molecule has 0 aliphatic heterocycles. The molecule has 0 aromatic carbocycles. The number of rotatable bonds is 5. The van der Waals surface area contributed by atoms with Gasteiger partial charge in [0, 0.05) is 0 Å². The SMILES string of the molecule is CCSc1ccc(NCc2ccco2)cn1. The summed E-state index contributed by atoms with van der Waals surface area (Å²) in [5.41, 5.74) is 1.01. The van der Waals surface area contributed by atoms with Crippen LogP contribution >= 0.6 is 11.8 Å². The first kappa shape index (κ1) is 11.1. The van der Waals surface area contributed by atoms with Crippen LogP contribution in [0.4, 0.5) is 5.69 Å². The predicted molar refractivity (Wildman–Crippen MR) is 66.7 cm³/mol. The van der Waals surface area contributed by atoms with Crippen LogP contribution in [0.3, 0.4) is 0 Å². The van der Waals surface area contributed by atoms with Gasteiger partial charge in [-0.05, 0) is 30.0 Å². The number of anilines is 1. The summed E-state index contributed by atoms with van der Waals surface area (Å²) in [4.78, 5) is 4.34. The van der Waals surface area contributed by atoms with Gasteiger partial charge in [-0.25, -0.2) is 4.98 Å². The van der Waals surface area contributed by atoms with Crippen LogP contribution in [0.5, 0.6) is 0 Å². The van der Waals surface area contributed by atoms with E-state index in [9.17, 15) is 0 Å². The minimum Gasteiger partial charge on any atom is -0.467 e. The van der Waals surface area contributed by atoms with Crippen molar-refractivity contribution in [1.82, 2.24) is 4.98 Å². The molecule has 4 heteroatoms. The molecule has 0 spiro atoms. The zero-order chi connectivity index (χ0) is 11.2. The molecule has 2 rings (SSSR count). The van der Waals surface area contributed by atoms with Gasteiger partial charge in [-0.2, -0.15) is 0 Å². The van der Waals surface area contributed by atoms with Crippen molar-refractivity contribution in [2.45, 2.75) is 18.5 Å². The van der Waals surface area contributed by atoms with Gasteiger partial charge >= 0.3 is 0 Å². The average molecular weight is 234 g/mol. The lowest BCUT2D eigenvalue weighted by Crippen LogP contribution is -1.98. The highest BCUT2D eigenvalue weighted by atomic mass is 32.2. The van der Waals surface area contributed by atoms with Gasteiger partial charge in [-0.1, -0.05) is 6.92 Å². The largest absolute Gasteiger partial charge is 0.467 e. The van der Waals surface area contributed by atoms with E-state index in [-0.39, 0.29) is 0 Å². The molecule has 0 saturated heterocycles. The van der Waals surface area contributed by atoms with Crippen LogP contribution in [0, 0.1) is 0 Å². The molecule has 0 unspecified atom stereocenters. The molecule has 2 aromatic heterocycles. The van der Waals surface area contributed by atoms with Gasteiger partial charge in [0.25, 0.3) is 0 Å². The van der Waals surface area contributed by atoms with E-state index in [0.717, 1.165) is 22.2 Å². The molecular formula is C12H14N2OS. The van der Waals surface area contributed by atoms with Gasteiger partial charge < -0.3 is 9.73 Å². The molecule has 0 atom stereocenters. The Kier molecular flexibility index (Phi) is 3.88. The molecule has 0 saturated carbocycles. The van der Waals surface area contributed by atoms with Gasteiger partial charge in [-0.15, -0.1) is 11.8 Å². The first-order chi connectivity index (χ1) is 7.88. The molecule has 0 bridgehead atoms. The van der Waals surface area contributed by atoms with Gasteiger partial charge in [-0.3, -0.25) is 0 Å². The summed E-state index contributed by atoms with van der Waals surface area (Å²) in [7, 11) is 0. The molecule has 1 N–H and O–H groups in total. The van der Waals surface area contributed by atoms with Crippen molar-refractivity contribution in [3.63, 3.8) is 0 Å². The Morgan fingerprint density at radius 1 is 1.38 bits per heavy atom. The molecule has 2 aromatic rings. The lowest BCUT2D eigenvalue weighted by molar-refractivity contribution is 0.518. The standard InChI is InChI=1S/C12H14N2OS/c1-2-16-12-6-5-10(8-14-12)13-9-11-4-3-7-15-11/h3-8,13H,2,9H2,1H3. The highest BCUT2D eigenvalue weighted by Gasteiger charge is 1.97. The van der Waals surface area contributed by atoms with E-state index in [4.69, 9.17) is 4.42 Å². The van der Waals surface area contributed by atoms with E-state index < -0.39 is 0 Å². The van der Waals surface area contributed by atoms with Gasteiger partial charge in [0.15, 0.2) is 0 Å². The summed E-state index contributed by atoms with van der Waals surface area (Å²) in [6, 6.07) is 7.89. The molecule has 2 heterocycles. The van der Waals surface area contributed by atoms with Crippen molar-refractivity contribution in [3.8, 4) is 0 Å². The second-order valence-corrected chi connectivity index (χ2v) is 4.54.